The molecule has 0 spiro atoms. The number of likely N-dealkylation sites (N-methyl/N-ethyl adjacent to an activating group) is 1. The van der Waals surface area contributed by atoms with Crippen molar-refractivity contribution in [2.45, 2.75) is 45.7 Å². The zero-order valence-electron chi connectivity index (χ0n) is 14.8. The van der Waals surface area contributed by atoms with Gasteiger partial charge in [-0.3, -0.25) is 4.98 Å². The lowest BCUT2D eigenvalue weighted by atomic mass is 9.98. The van der Waals surface area contributed by atoms with Crippen molar-refractivity contribution in [1.82, 2.24) is 14.8 Å². The molecule has 6 heteroatoms. The summed E-state index contributed by atoms with van der Waals surface area (Å²) in [6.45, 7) is 6.44. The Morgan fingerprint density at radius 3 is 2.67 bits per heavy atom. The lowest BCUT2D eigenvalue weighted by Crippen LogP contribution is -2.53. The maximum absolute atomic E-state index is 12.9. The van der Waals surface area contributed by atoms with E-state index in [-0.39, 0.29) is 18.0 Å². The number of urea groups is 1. The van der Waals surface area contributed by atoms with E-state index in [0.29, 0.717) is 18.9 Å². The number of aromatic nitrogens is 1. The van der Waals surface area contributed by atoms with Crippen molar-refractivity contribution in [2.24, 2.45) is 11.8 Å². The Bertz CT molecular complexity index is 576. The Hall–Kier alpha value is -2.11. The molecule has 132 valence electrons. The number of rotatable bonds is 5. The number of carbonyl (C=O) groups excluding carboxylic acids is 1. The van der Waals surface area contributed by atoms with Gasteiger partial charge in [-0.25, -0.2) is 9.59 Å². The molecule has 2 rings (SSSR count). The highest BCUT2D eigenvalue weighted by Crippen LogP contribution is 2.28. The molecule has 0 aromatic carbocycles. The standard InChI is InChI=1S/C18H27N3O3/c1-12(2)16(17(22)23)20(4)18(24)21-10-8-13(3)15(21)11-14-7-5-6-9-19-14/h5-7,9,12-13,15-16H,8,10-11H2,1-4H3,(H,22,23)/t13-,15-,16+/m1/s1. The topological polar surface area (TPSA) is 73.7 Å². The summed E-state index contributed by atoms with van der Waals surface area (Å²) < 4.78 is 0. The number of carboxylic acids is 1. The fourth-order valence-corrected chi connectivity index (χ4v) is 3.51. The van der Waals surface area contributed by atoms with Crippen molar-refractivity contribution in [3.63, 3.8) is 0 Å². The number of pyridine rings is 1. The Balaban J connectivity index is 2.16. The van der Waals surface area contributed by atoms with Crippen LogP contribution in [0.25, 0.3) is 0 Å². The van der Waals surface area contributed by atoms with Gasteiger partial charge in [0.2, 0.25) is 0 Å². The van der Waals surface area contributed by atoms with E-state index < -0.39 is 12.0 Å². The van der Waals surface area contributed by atoms with Gasteiger partial charge in [0.15, 0.2) is 0 Å². The van der Waals surface area contributed by atoms with E-state index in [1.54, 1.807) is 13.2 Å². The second-order valence-corrected chi connectivity index (χ2v) is 6.97. The average molecular weight is 333 g/mol. The molecule has 1 saturated heterocycles. The summed E-state index contributed by atoms with van der Waals surface area (Å²) in [5.41, 5.74) is 0.954. The van der Waals surface area contributed by atoms with Crippen LogP contribution < -0.4 is 0 Å². The number of nitrogens with zero attached hydrogens (tertiary/aromatic N) is 3. The minimum absolute atomic E-state index is 0.0523. The Morgan fingerprint density at radius 1 is 1.42 bits per heavy atom. The highest BCUT2D eigenvalue weighted by atomic mass is 16.4. The van der Waals surface area contributed by atoms with E-state index in [1.807, 2.05) is 36.9 Å². The number of carboxylic acid groups (broad SMARTS) is 1. The third-order valence-corrected chi connectivity index (χ3v) is 4.88. The predicted octanol–water partition coefficient (Wildman–Crippen LogP) is 2.50. The van der Waals surface area contributed by atoms with Crippen molar-refractivity contribution in [3.8, 4) is 0 Å². The molecule has 1 aromatic rings. The van der Waals surface area contributed by atoms with Gasteiger partial charge in [0.25, 0.3) is 0 Å². The highest BCUT2D eigenvalue weighted by molar-refractivity contribution is 5.83. The molecule has 0 radical (unpaired) electrons. The van der Waals surface area contributed by atoms with Crippen molar-refractivity contribution in [1.29, 1.82) is 0 Å². The molecule has 0 aliphatic carbocycles. The molecule has 1 fully saturated rings. The van der Waals surface area contributed by atoms with Gasteiger partial charge >= 0.3 is 12.0 Å². The summed E-state index contributed by atoms with van der Waals surface area (Å²) in [4.78, 5) is 32.0. The number of hydrogen-bond acceptors (Lipinski definition) is 3. The minimum Gasteiger partial charge on any atom is -0.480 e. The van der Waals surface area contributed by atoms with Gasteiger partial charge in [-0.05, 0) is 30.4 Å². The minimum atomic E-state index is -0.964. The van der Waals surface area contributed by atoms with E-state index in [2.05, 4.69) is 11.9 Å². The first-order valence-corrected chi connectivity index (χ1v) is 8.49. The third-order valence-electron chi connectivity index (χ3n) is 4.88. The van der Waals surface area contributed by atoms with Crippen LogP contribution in [0, 0.1) is 11.8 Å². The third kappa shape index (κ3) is 3.86. The number of carbonyl (C=O) groups is 2. The van der Waals surface area contributed by atoms with Gasteiger partial charge in [-0.2, -0.15) is 0 Å². The maximum atomic E-state index is 12.9. The number of aliphatic carboxylic acids is 1. The smallest absolute Gasteiger partial charge is 0.326 e. The van der Waals surface area contributed by atoms with Crippen LogP contribution in [0.2, 0.25) is 0 Å². The van der Waals surface area contributed by atoms with Crippen molar-refractivity contribution < 1.29 is 14.7 Å². The van der Waals surface area contributed by atoms with Crippen LogP contribution in [0.3, 0.4) is 0 Å². The van der Waals surface area contributed by atoms with Crippen LogP contribution in [0.15, 0.2) is 24.4 Å². The Kier molecular flexibility index (Phi) is 5.80. The van der Waals surface area contributed by atoms with Crippen molar-refractivity contribution in [3.05, 3.63) is 30.1 Å². The summed E-state index contributed by atoms with van der Waals surface area (Å²) in [5, 5.41) is 9.44. The highest BCUT2D eigenvalue weighted by Gasteiger charge is 2.39. The largest absolute Gasteiger partial charge is 0.480 e. The molecule has 1 aliphatic heterocycles. The molecular formula is C18H27N3O3. The number of hydrogen-bond donors (Lipinski definition) is 1. The van der Waals surface area contributed by atoms with Gasteiger partial charge in [-0.1, -0.05) is 26.8 Å². The molecular weight excluding hydrogens is 306 g/mol. The Morgan fingerprint density at radius 2 is 2.12 bits per heavy atom. The van der Waals surface area contributed by atoms with E-state index in [9.17, 15) is 14.7 Å². The van der Waals surface area contributed by atoms with Crippen molar-refractivity contribution >= 4 is 12.0 Å². The maximum Gasteiger partial charge on any atom is 0.326 e. The molecule has 3 atom stereocenters. The number of amides is 2. The molecule has 0 unspecified atom stereocenters. The average Bonchev–Trinajstić information content (AvgIpc) is 2.88. The van der Waals surface area contributed by atoms with Crippen LogP contribution in [-0.4, -0.2) is 57.6 Å². The molecule has 0 bridgehead atoms. The van der Waals surface area contributed by atoms with E-state index in [1.165, 1.54) is 4.90 Å². The SMILES string of the molecule is CC(C)[C@@H](C(=O)O)N(C)C(=O)N1CC[C@@H](C)[C@H]1Cc1ccccn1. The van der Waals surface area contributed by atoms with Crippen molar-refractivity contribution in [2.75, 3.05) is 13.6 Å². The van der Waals surface area contributed by atoms with E-state index in [0.717, 1.165) is 12.1 Å². The first kappa shape index (κ1) is 18.2. The van der Waals surface area contributed by atoms with E-state index >= 15 is 0 Å². The molecule has 6 nitrogen and oxygen atoms in total. The summed E-state index contributed by atoms with van der Waals surface area (Å²) in [5.74, 6) is -0.744. The van der Waals surface area contributed by atoms with Gasteiger partial charge < -0.3 is 14.9 Å². The quantitative estimate of drug-likeness (QED) is 0.898. The predicted molar refractivity (Wildman–Crippen MR) is 91.6 cm³/mol. The molecule has 24 heavy (non-hydrogen) atoms. The first-order valence-electron chi connectivity index (χ1n) is 8.49. The monoisotopic (exact) mass is 333 g/mol. The van der Waals surface area contributed by atoms with Gasteiger partial charge in [0.1, 0.15) is 6.04 Å². The zero-order chi connectivity index (χ0) is 17.9. The molecule has 2 amide bonds. The summed E-state index contributed by atoms with van der Waals surface area (Å²) in [6.07, 6.45) is 3.38. The zero-order valence-corrected chi connectivity index (χ0v) is 14.8. The molecule has 1 N–H and O–H groups in total. The van der Waals surface area contributed by atoms with E-state index in [4.69, 9.17) is 0 Å². The lowest BCUT2D eigenvalue weighted by Gasteiger charge is -2.35. The molecule has 2 heterocycles. The first-order chi connectivity index (χ1) is 11.3. The van der Waals surface area contributed by atoms with Gasteiger partial charge in [0.05, 0.1) is 0 Å². The fraction of sp³-hybridized carbons (Fsp3) is 0.611. The lowest BCUT2D eigenvalue weighted by molar-refractivity contribution is -0.143. The molecule has 1 aliphatic rings. The van der Waals surface area contributed by atoms with Crippen LogP contribution in [0.4, 0.5) is 4.79 Å². The van der Waals surface area contributed by atoms with Gasteiger partial charge in [-0.15, -0.1) is 0 Å². The Labute approximate surface area is 143 Å². The molecule has 1 aromatic heterocycles. The number of likely N-dealkylation sites (tertiary alicyclic amines) is 1. The van der Waals surface area contributed by atoms with Crippen LogP contribution >= 0.6 is 0 Å². The van der Waals surface area contributed by atoms with Gasteiger partial charge in [0, 0.05) is 37.9 Å². The van der Waals surface area contributed by atoms with Crippen LogP contribution in [-0.2, 0) is 11.2 Å². The fourth-order valence-electron chi connectivity index (χ4n) is 3.51. The normalized spacial score (nSPS) is 21.8. The van der Waals surface area contributed by atoms with Crippen LogP contribution in [0.5, 0.6) is 0 Å². The summed E-state index contributed by atoms with van der Waals surface area (Å²) in [7, 11) is 1.59. The summed E-state index contributed by atoms with van der Waals surface area (Å²) in [6, 6.07) is 4.81. The molecule has 0 saturated carbocycles. The second kappa shape index (κ2) is 7.64. The van der Waals surface area contributed by atoms with Crippen LogP contribution in [0.1, 0.15) is 32.9 Å². The summed E-state index contributed by atoms with van der Waals surface area (Å²) >= 11 is 0. The second-order valence-electron chi connectivity index (χ2n) is 6.97.